The van der Waals surface area contributed by atoms with Crippen molar-refractivity contribution >= 4 is 11.6 Å². The fourth-order valence-electron chi connectivity index (χ4n) is 2.29. The Morgan fingerprint density at radius 2 is 1.77 bits per heavy atom. The molecule has 0 saturated heterocycles. The third kappa shape index (κ3) is 3.75. The van der Waals surface area contributed by atoms with Gasteiger partial charge in [0.2, 0.25) is 0 Å². The number of rotatable bonds is 5. The third-order valence-corrected chi connectivity index (χ3v) is 3.64. The summed E-state index contributed by atoms with van der Waals surface area (Å²) in [6, 6.07) is 18.1. The third-order valence-electron chi connectivity index (χ3n) is 3.41. The highest BCUT2D eigenvalue weighted by Crippen LogP contribution is 2.24. The van der Waals surface area contributed by atoms with Crippen LogP contribution in [0.1, 0.15) is 11.3 Å². The van der Waals surface area contributed by atoms with E-state index in [1.165, 1.54) is 12.1 Å². The predicted molar refractivity (Wildman–Crippen MR) is 84.9 cm³/mol. The Kier molecular flexibility index (Phi) is 4.56. The van der Waals surface area contributed by atoms with E-state index in [0.717, 1.165) is 35.7 Å². The highest BCUT2D eigenvalue weighted by atomic mass is 35.5. The van der Waals surface area contributed by atoms with Crippen LogP contribution in [0.5, 0.6) is 0 Å². The van der Waals surface area contributed by atoms with Crippen LogP contribution in [0.25, 0.3) is 11.3 Å². The van der Waals surface area contributed by atoms with E-state index in [1.54, 1.807) is 12.1 Å². The molecule has 0 saturated carbocycles. The van der Waals surface area contributed by atoms with Crippen molar-refractivity contribution in [3.8, 4) is 11.3 Å². The minimum atomic E-state index is -0.207. The Bertz CT molecular complexity index is 752. The maximum atomic E-state index is 12.8. The molecule has 0 bridgehead atoms. The second kappa shape index (κ2) is 6.77. The van der Waals surface area contributed by atoms with Gasteiger partial charge in [0.15, 0.2) is 5.76 Å². The van der Waals surface area contributed by atoms with Gasteiger partial charge in [-0.15, -0.1) is 0 Å². The molecule has 1 heterocycles. The van der Waals surface area contributed by atoms with Crippen molar-refractivity contribution < 1.29 is 14.1 Å². The first-order valence-electron chi connectivity index (χ1n) is 7.11. The standard InChI is InChI=1S/C18H15ClFNO/c19-15-3-1-2-14(10-15)18-9-8-17(22-18)12-21-11-13-4-6-16(20)7-5-13/h1-10,21H,11-12H2/p+1. The number of hydrogen-bond acceptors (Lipinski definition) is 1. The first-order chi connectivity index (χ1) is 10.7. The lowest BCUT2D eigenvalue weighted by atomic mass is 10.2. The molecule has 2 N–H and O–H groups in total. The number of nitrogens with two attached hydrogens (primary N) is 1. The summed E-state index contributed by atoms with van der Waals surface area (Å²) in [5.41, 5.74) is 2.06. The quantitative estimate of drug-likeness (QED) is 0.757. The van der Waals surface area contributed by atoms with Crippen molar-refractivity contribution in [2.24, 2.45) is 0 Å². The smallest absolute Gasteiger partial charge is 0.158 e. The van der Waals surface area contributed by atoms with Gasteiger partial charge in [-0.3, -0.25) is 0 Å². The molecule has 0 unspecified atom stereocenters. The predicted octanol–water partition coefficient (Wildman–Crippen LogP) is 4.00. The van der Waals surface area contributed by atoms with E-state index in [1.807, 2.05) is 36.4 Å². The zero-order valence-corrected chi connectivity index (χ0v) is 12.7. The minimum Gasteiger partial charge on any atom is -0.455 e. The van der Waals surface area contributed by atoms with Gasteiger partial charge >= 0.3 is 0 Å². The van der Waals surface area contributed by atoms with E-state index in [9.17, 15) is 4.39 Å². The van der Waals surface area contributed by atoms with Gasteiger partial charge in [-0.25, -0.2) is 4.39 Å². The molecular weight excluding hydrogens is 301 g/mol. The van der Waals surface area contributed by atoms with Gasteiger partial charge < -0.3 is 9.73 Å². The molecule has 4 heteroatoms. The van der Waals surface area contributed by atoms with Gasteiger partial charge in [0.25, 0.3) is 0 Å². The summed E-state index contributed by atoms with van der Waals surface area (Å²) in [4.78, 5) is 0. The summed E-state index contributed by atoms with van der Waals surface area (Å²) in [6.45, 7) is 1.52. The molecule has 0 spiro atoms. The molecule has 1 aromatic heterocycles. The Morgan fingerprint density at radius 3 is 2.55 bits per heavy atom. The Morgan fingerprint density at radius 1 is 0.955 bits per heavy atom. The van der Waals surface area contributed by atoms with Crippen molar-refractivity contribution in [3.05, 3.63) is 82.8 Å². The molecule has 3 aromatic rings. The van der Waals surface area contributed by atoms with Crippen LogP contribution in [-0.4, -0.2) is 0 Å². The molecule has 3 rings (SSSR count). The summed E-state index contributed by atoms with van der Waals surface area (Å²) in [6.07, 6.45) is 0. The second-order valence-electron chi connectivity index (χ2n) is 5.10. The van der Waals surface area contributed by atoms with E-state index in [4.69, 9.17) is 16.0 Å². The number of hydrogen-bond donors (Lipinski definition) is 1. The fourth-order valence-corrected chi connectivity index (χ4v) is 2.48. The molecular formula is C18H16ClFNO+. The zero-order chi connectivity index (χ0) is 15.4. The fraction of sp³-hybridized carbons (Fsp3) is 0.111. The lowest BCUT2D eigenvalue weighted by Crippen LogP contribution is -2.80. The molecule has 0 aliphatic heterocycles. The van der Waals surface area contributed by atoms with Crippen LogP contribution in [0.15, 0.2) is 65.1 Å². The summed E-state index contributed by atoms with van der Waals surface area (Å²) in [7, 11) is 0. The first kappa shape index (κ1) is 14.8. The van der Waals surface area contributed by atoms with Crippen LogP contribution in [0.4, 0.5) is 4.39 Å². The summed E-state index contributed by atoms with van der Waals surface area (Å²) >= 11 is 5.99. The van der Waals surface area contributed by atoms with Gasteiger partial charge in [0, 0.05) is 16.1 Å². The van der Waals surface area contributed by atoms with E-state index < -0.39 is 0 Å². The molecule has 2 nitrogen and oxygen atoms in total. The van der Waals surface area contributed by atoms with Crippen LogP contribution in [-0.2, 0) is 13.1 Å². The van der Waals surface area contributed by atoms with Crippen LogP contribution in [0, 0.1) is 5.82 Å². The van der Waals surface area contributed by atoms with Crippen molar-refractivity contribution in [2.45, 2.75) is 13.1 Å². The Labute approximate surface area is 133 Å². The normalized spacial score (nSPS) is 10.8. The molecule has 0 amide bonds. The minimum absolute atomic E-state index is 0.207. The number of halogens is 2. The van der Waals surface area contributed by atoms with Gasteiger partial charge in [-0.1, -0.05) is 35.9 Å². The molecule has 0 fully saturated rings. The largest absolute Gasteiger partial charge is 0.455 e. The van der Waals surface area contributed by atoms with Gasteiger partial charge in [0.05, 0.1) is 0 Å². The lowest BCUT2D eigenvalue weighted by molar-refractivity contribution is -0.687. The maximum Gasteiger partial charge on any atom is 0.158 e. The molecule has 2 aromatic carbocycles. The van der Waals surface area contributed by atoms with E-state index in [-0.39, 0.29) is 5.82 Å². The molecule has 0 aliphatic carbocycles. The first-order valence-corrected chi connectivity index (χ1v) is 7.49. The number of furan rings is 1. The summed E-state index contributed by atoms with van der Waals surface area (Å²) in [5.74, 6) is 1.51. The van der Waals surface area contributed by atoms with E-state index in [2.05, 4.69) is 5.32 Å². The second-order valence-corrected chi connectivity index (χ2v) is 5.54. The Balaban J connectivity index is 1.59. The monoisotopic (exact) mass is 316 g/mol. The van der Waals surface area contributed by atoms with Gasteiger partial charge in [-0.05, 0) is 36.4 Å². The zero-order valence-electron chi connectivity index (χ0n) is 11.9. The molecule has 112 valence electrons. The highest BCUT2D eigenvalue weighted by Gasteiger charge is 2.06. The van der Waals surface area contributed by atoms with Crippen LogP contribution >= 0.6 is 11.6 Å². The van der Waals surface area contributed by atoms with Crippen molar-refractivity contribution in [3.63, 3.8) is 0 Å². The molecule has 0 radical (unpaired) electrons. The van der Waals surface area contributed by atoms with Crippen LogP contribution in [0.3, 0.4) is 0 Å². The van der Waals surface area contributed by atoms with Crippen molar-refractivity contribution in [1.29, 1.82) is 0 Å². The molecule has 0 aliphatic rings. The van der Waals surface area contributed by atoms with Gasteiger partial charge in [-0.2, -0.15) is 0 Å². The Hall–Kier alpha value is -2.10. The topological polar surface area (TPSA) is 29.8 Å². The summed E-state index contributed by atoms with van der Waals surface area (Å²) < 4.78 is 18.7. The van der Waals surface area contributed by atoms with Crippen LogP contribution in [0.2, 0.25) is 5.02 Å². The van der Waals surface area contributed by atoms with Crippen LogP contribution < -0.4 is 5.32 Å². The number of benzene rings is 2. The lowest BCUT2D eigenvalue weighted by Gasteiger charge is -2.01. The average Bonchev–Trinajstić information content (AvgIpc) is 2.98. The van der Waals surface area contributed by atoms with Gasteiger partial charge in [0.1, 0.15) is 24.7 Å². The summed E-state index contributed by atoms with van der Waals surface area (Å²) in [5, 5.41) is 2.81. The van der Waals surface area contributed by atoms with Crippen molar-refractivity contribution in [1.82, 2.24) is 0 Å². The van der Waals surface area contributed by atoms with Crippen molar-refractivity contribution in [2.75, 3.05) is 0 Å². The average molecular weight is 317 g/mol. The highest BCUT2D eigenvalue weighted by molar-refractivity contribution is 6.30. The SMILES string of the molecule is Fc1ccc(C[NH2+]Cc2ccc(-c3cccc(Cl)c3)o2)cc1. The molecule has 0 atom stereocenters. The maximum absolute atomic E-state index is 12.8. The number of quaternary nitrogens is 1. The van der Waals surface area contributed by atoms with E-state index in [0.29, 0.717) is 5.02 Å². The molecule has 22 heavy (non-hydrogen) atoms. The van der Waals surface area contributed by atoms with E-state index >= 15 is 0 Å².